The summed E-state index contributed by atoms with van der Waals surface area (Å²) >= 11 is 6.29. The fourth-order valence-corrected chi connectivity index (χ4v) is 4.05. The van der Waals surface area contributed by atoms with Crippen molar-refractivity contribution in [1.82, 2.24) is 20.2 Å². The number of aromatic nitrogens is 4. The number of nitrogens with one attached hydrogen (secondary N) is 1. The van der Waals surface area contributed by atoms with Crippen molar-refractivity contribution in [2.24, 2.45) is 0 Å². The van der Waals surface area contributed by atoms with Gasteiger partial charge in [-0.3, -0.25) is 0 Å². The standard InChI is InChI=1S/C21H24ClN5/c1-15-8-5-6-13-19(15)23-20(16-9-7-10-17(22)14-16)21-24-25-26-27(21)18-11-3-2-4-12-18/h5-10,13-14,18,20,23H,2-4,11-12H2,1H3/t20-/m0/s1. The number of rotatable bonds is 5. The Morgan fingerprint density at radius 3 is 2.67 bits per heavy atom. The van der Waals surface area contributed by atoms with Crippen LogP contribution in [0.2, 0.25) is 5.02 Å². The SMILES string of the molecule is Cc1ccccc1N[C@@H](c1cccc(Cl)c1)c1nnnn1C1CCCCC1. The molecular formula is C21H24ClN5. The first-order valence-corrected chi connectivity index (χ1v) is 9.95. The van der Waals surface area contributed by atoms with Gasteiger partial charge in [0.25, 0.3) is 0 Å². The van der Waals surface area contributed by atoms with Crippen molar-refractivity contribution in [3.63, 3.8) is 0 Å². The lowest BCUT2D eigenvalue weighted by molar-refractivity contribution is 0.315. The fourth-order valence-electron chi connectivity index (χ4n) is 3.85. The average molecular weight is 382 g/mol. The van der Waals surface area contributed by atoms with E-state index in [0.717, 1.165) is 29.9 Å². The van der Waals surface area contributed by atoms with Crippen molar-refractivity contribution in [2.75, 3.05) is 5.32 Å². The Labute approximate surface area is 164 Å². The van der Waals surface area contributed by atoms with E-state index >= 15 is 0 Å². The normalized spacial score (nSPS) is 16.2. The van der Waals surface area contributed by atoms with E-state index in [-0.39, 0.29) is 6.04 Å². The number of aryl methyl sites for hydroxylation is 1. The van der Waals surface area contributed by atoms with Gasteiger partial charge in [-0.05, 0) is 59.5 Å². The Bertz CT molecular complexity index is 901. The minimum absolute atomic E-state index is 0.165. The van der Waals surface area contributed by atoms with E-state index < -0.39 is 0 Å². The molecule has 5 nitrogen and oxygen atoms in total. The van der Waals surface area contributed by atoms with Gasteiger partial charge in [0.1, 0.15) is 6.04 Å². The minimum Gasteiger partial charge on any atom is -0.371 e. The van der Waals surface area contributed by atoms with E-state index in [1.165, 1.54) is 24.8 Å². The van der Waals surface area contributed by atoms with E-state index in [1.807, 2.05) is 35.0 Å². The highest BCUT2D eigenvalue weighted by Gasteiger charge is 2.27. The number of nitrogens with zero attached hydrogens (tertiary/aromatic N) is 4. The van der Waals surface area contributed by atoms with E-state index in [4.69, 9.17) is 11.6 Å². The largest absolute Gasteiger partial charge is 0.371 e. The number of halogens is 1. The molecule has 0 spiro atoms. The zero-order valence-corrected chi connectivity index (χ0v) is 16.2. The molecule has 2 aromatic carbocycles. The van der Waals surface area contributed by atoms with Crippen molar-refractivity contribution in [1.29, 1.82) is 0 Å². The van der Waals surface area contributed by atoms with Crippen LogP contribution in [0.25, 0.3) is 0 Å². The van der Waals surface area contributed by atoms with Crippen LogP contribution in [0.5, 0.6) is 0 Å². The average Bonchev–Trinajstić information content (AvgIpc) is 3.17. The highest BCUT2D eigenvalue weighted by Crippen LogP contribution is 2.33. The maximum atomic E-state index is 6.29. The second-order valence-electron chi connectivity index (χ2n) is 7.22. The summed E-state index contributed by atoms with van der Waals surface area (Å²) in [5.41, 5.74) is 3.31. The zero-order chi connectivity index (χ0) is 18.6. The van der Waals surface area contributed by atoms with Crippen LogP contribution in [0.3, 0.4) is 0 Å². The Morgan fingerprint density at radius 2 is 1.89 bits per heavy atom. The molecule has 140 valence electrons. The van der Waals surface area contributed by atoms with E-state index in [9.17, 15) is 0 Å². The van der Waals surface area contributed by atoms with E-state index in [0.29, 0.717) is 11.1 Å². The van der Waals surface area contributed by atoms with Crippen molar-refractivity contribution >= 4 is 17.3 Å². The van der Waals surface area contributed by atoms with Crippen molar-refractivity contribution in [3.8, 4) is 0 Å². The summed E-state index contributed by atoms with van der Waals surface area (Å²) in [7, 11) is 0. The minimum atomic E-state index is -0.165. The number of para-hydroxylation sites is 1. The van der Waals surface area contributed by atoms with Crippen LogP contribution in [-0.2, 0) is 0 Å². The summed E-state index contributed by atoms with van der Waals surface area (Å²) in [5, 5.41) is 17.2. The van der Waals surface area contributed by atoms with Crippen LogP contribution < -0.4 is 5.32 Å². The van der Waals surface area contributed by atoms with Crippen LogP contribution >= 0.6 is 11.6 Å². The maximum absolute atomic E-state index is 6.29. The lowest BCUT2D eigenvalue weighted by Crippen LogP contribution is -2.23. The lowest BCUT2D eigenvalue weighted by atomic mass is 9.95. The molecule has 6 heteroatoms. The summed E-state index contributed by atoms with van der Waals surface area (Å²) in [4.78, 5) is 0. The third kappa shape index (κ3) is 3.98. The molecule has 1 N–H and O–H groups in total. The summed E-state index contributed by atoms with van der Waals surface area (Å²) in [5.74, 6) is 0.840. The highest BCUT2D eigenvalue weighted by atomic mass is 35.5. The van der Waals surface area contributed by atoms with Gasteiger partial charge in [-0.1, -0.05) is 61.2 Å². The van der Waals surface area contributed by atoms with Gasteiger partial charge >= 0.3 is 0 Å². The molecule has 0 bridgehead atoms. The summed E-state index contributed by atoms with van der Waals surface area (Å²) < 4.78 is 2.02. The van der Waals surface area contributed by atoms with Crippen LogP contribution in [-0.4, -0.2) is 20.2 Å². The number of hydrogen-bond acceptors (Lipinski definition) is 4. The predicted octanol–water partition coefficient (Wildman–Crippen LogP) is 5.34. The smallest absolute Gasteiger partial charge is 0.178 e. The lowest BCUT2D eigenvalue weighted by Gasteiger charge is -2.26. The van der Waals surface area contributed by atoms with Crippen LogP contribution in [0.4, 0.5) is 5.69 Å². The molecule has 0 saturated heterocycles. The maximum Gasteiger partial charge on any atom is 0.178 e. The number of anilines is 1. The fraction of sp³-hybridized carbons (Fsp3) is 0.381. The monoisotopic (exact) mass is 381 g/mol. The molecule has 4 rings (SSSR count). The van der Waals surface area contributed by atoms with Gasteiger partial charge < -0.3 is 5.32 Å². The van der Waals surface area contributed by atoms with Crippen LogP contribution in [0.1, 0.15) is 61.1 Å². The molecule has 3 aromatic rings. The third-order valence-electron chi connectivity index (χ3n) is 5.32. The topological polar surface area (TPSA) is 55.6 Å². The molecule has 1 aliphatic carbocycles. The Balaban J connectivity index is 1.74. The Morgan fingerprint density at radius 1 is 1.07 bits per heavy atom. The van der Waals surface area contributed by atoms with Crippen molar-refractivity contribution in [2.45, 2.75) is 51.1 Å². The van der Waals surface area contributed by atoms with E-state index in [2.05, 4.69) is 46.0 Å². The molecule has 0 unspecified atom stereocenters. The summed E-state index contributed by atoms with van der Waals surface area (Å²) in [6.45, 7) is 2.10. The summed E-state index contributed by atoms with van der Waals surface area (Å²) in [6.07, 6.45) is 6.02. The molecule has 1 aromatic heterocycles. The van der Waals surface area contributed by atoms with Gasteiger partial charge in [0.2, 0.25) is 0 Å². The number of tetrazole rings is 1. The molecule has 0 amide bonds. The Kier molecular flexibility index (Phi) is 5.39. The molecule has 1 saturated carbocycles. The molecule has 27 heavy (non-hydrogen) atoms. The summed E-state index contributed by atoms with van der Waals surface area (Å²) in [6, 6.07) is 16.4. The molecule has 0 aliphatic heterocycles. The quantitative estimate of drug-likeness (QED) is 0.647. The highest BCUT2D eigenvalue weighted by molar-refractivity contribution is 6.30. The molecule has 0 radical (unpaired) electrons. The van der Waals surface area contributed by atoms with Gasteiger partial charge in [-0.2, -0.15) is 0 Å². The van der Waals surface area contributed by atoms with Gasteiger partial charge in [0.15, 0.2) is 5.82 Å². The van der Waals surface area contributed by atoms with Crippen LogP contribution in [0.15, 0.2) is 48.5 Å². The van der Waals surface area contributed by atoms with Gasteiger partial charge in [-0.25, -0.2) is 4.68 Å². The van der Waals surface area contributed by atoms with Crippen LogP contribution in [0, 0.1) is 6.92 Å². The molecule has 1 fully saturated rings. The van der Waals surface area contributed by atoms with Gasteiger partial charge in [0.05, 0.1) is 6.04 Å². The second kappa shape index (κ2) is 8.09. The van der Waals surface area contributed by atoms with Gasteiger partial charge in [0, 0.05) is 10.7 Å². The van der Waals surface area contributed by atoms with Crippen molar-refractivity contribution in [3.05, 3.63) is 70.5 Å². The van der Waals surface area contributed by atoms with Gasteiger partial charge in [-0.15, -0.1) is 5.10 Å². The molecule has 1 heterocycles. The second-order valence-corrected chi connectivity index (χ2v) is 7.66. The first-order valence-electron chi connectivity index (χ1n) is 9.58. The third-order valence-corrected chi connectivity index (χ3v) is 5.56. The molecule has 1 aliphatic rings. The number of hydrogen-bond donors (Lipinski definition) is 1. The number of benzene rings is 2. The molecule has 1 atom stereocenters. The van der Waals surface area contributed by atoms with E-state index in [1.54, 1.807) is 0 Å². The predicted molar refractivity (Wildman–Crippen MR) is 108 cm³/mol. The van der Waals surface area contributed by atoms with Crippen molar-refractivity contribution < 1.29 is 0 Å². The first-order chi connectivity index (χ1) is 13.2. The first kappa shape index (κ1) is 18.0. The molecular weight excluding hydrogens is 358 g/mol. The Hall–Kier alpha value is -2.40. The zero-order valence-electron chi connectivity index (χ0n) is 15.5.